The van der Waals surface area contributed by atoms with Crippen LogP contribution in [0.3, 0.4) is 0 Å². The number of ketones is 1. The fourth-order valence-corrected chi connectivity index (χ4v) is 2.93. The Bertz CT molecular complexity index is 1040. The maximum atomic E-state index is 11.6. The van der Waals surface area contributed by atoms with Crippen molar-refractivity contribution >= 4 is 27.7 Å². The lowest BCUT2D eigenvalue weighted by Crippen LogP contribution is -2.03. The van der Waals surface area contributed by atoms with Crippen molar-refractivity contribution in [2.45, 2.75) is 0 Å². The third-order valence-corrected chi connectivity index (χ3v) is 4.10. The van der Waals surface area contributed by atoms with Gasteiger partial charge in [-0.25, -0.2) is 4.98 Å². The van der Waals surface area contributed by atoms with Gasteiger partial charge in [0.05, 0.1) is 11.0 Å². The van der Waals surface area contributed by atoms with Gasteiger partial charge < -0.3 is 14.7 Å². The fourth-order valence-electron chi connectivity index (χ4n) is 2.93. The van der Waals surface area contributed by atoms with Gasteiger partial charge in [-0.3, -0.25) is 4.79 Å². The minimum absolute atomic E-state index is 0.298. The molecule has 4 rings (SSSR count). The predicted molar refractivity (Wildman–Crippen MR) is 89.4 cm³/mol. The number of Topliss-reactive ketones (excluding diaryl/α,β-unsaturated/α-hetero) is 1. The summed E-state index contributed by atoms with van der Waals surface area (Å²) in [5.74, 6) is 0.471. The number of aliphatic hydroxyl groups excluding tert-OH is 1. The first kappa shape index (κ1) is 13.7. The molecule has 23 heavy (non-hydrogen) atoms. The van der Waals surface area contributed by atoms with Crippen LogP contribution in [0.1, 0.15) is 10.4 Å². The molecule has 0 bridgehead atoms. The van der Waals surface area contributed by atoms with Gasteiger partial charge in [-0.15, -0.1) is 0 Å². The molecule has 5 heteroatoms. The summed E-state index contributed by atoms with van der Waals surface area (Å²) in [6.45, 7) is -0.490. The summed E-state index contributed by atoms with van der Waals surface area (Å²) in [5.41, 5.74) is 4.22. The summed E-state index contributed by atoms with van der Waals surface area (Å²) in [6.07, 6.45) is 2.04. The van der Waals surface area contributed by atoms with E-state index < -0.39 is 6.61 Å². The molecule has 0 radical (unpaired) electrons. The lowest BCUT2D eigenvalue weighted by Gasteiger charge is -1.96. The van der Waals surface area contributed by atoms with Crippen LogP contribution in [0.15, 0.2) is 48.7 Å². The standard InChI is InChI=1S/C18H15N3O2/c1-21-9-13(12-4-2-3-5-16(12)21)18-19-14-7-6-11(17(23)10-22)8-15(14)20-18/h2-9,22H,10H2,1H3,(H,19,20). The van der Waals surface area contributed by atoms with Crippen LogP contribution in [-0.2, 0) is 7.05 Å². The molecule has 0 aliphatic carbocycles. The molecular formula is C18H15N3O2. The van der Waals surface area contributed by atoms with Gasteiger partial charge in [0, 0.05) is 35.3 Å². The zero-order chi connectivity index (χ0) is 16.0. The molecule has 0 fully saturated rings. The summed E-state index contributed by atoms with van der Waals surface area (Å²) < 4.78 is 2.07. The van der Waals surface area contributed by atoms with Gasteiger partial charge in [-0.1, -0.05) is 18.2 Å². The number of para-hydroxylation sites is 1. The SMILES string of the molecule is Cn1cc(-c2nc3ccc(C(=O)CO)cc3[nH]2)c2ccccc21. The van der Waals surface area contributed by atoms with Crippen molar-refractivity contribution in [2.24, 2.45) is 7.05 Å². The third kappa shape index (κ3) is 2.13. The minimum Gasteiger partial charge on any atom is -0.388 e. The monoisotopic (exact) mass is 305 g/mol. The number of nitrogens with zero attached hydrogens (tertiary/aromatic N) is 2. The number of rotatable bonds is 3. The van der Waals surface area contributed by atoms with Crippen LogP contribution in [0.5, 0.6) is 0 Å². The second kappa shape index (κ2) is 5.07. The van der Waals surface area contributed by atoms with Crippen LogP contribution < -0.4 is 0 Å². The van der Waals surface area contributed by atoms with Crippen LogP contribution in [0.4, 0.5) is 0 Å². The molecule has 0 saturated carbocycles. The van der Waals surface area contributed by atoms with Crippen molar-refractivity contribution in [2.75, 3.05) is 6.61 Å². The molecule has 2 N–H and O–H groups in total. The van der Waals surface area contributed by atoms with Crippen LogP contribution in [0.25, 0.3) is 33.3 Å². The third-order valence-electron chi connectivity index (χ3n) is 4.10. The van der Waals surface area contributed by atoms with Crippen molar-refractivity contribution in [3.05, 3.63) is 54.2 Å². The summed E-state index contributed by atoms with van der Waals surface area (Å²) >= 11 is 0. The summed E-state index contributed by atoms with van der Waals surface area (Å²) in [7, 11) is 2.01. The number of fused-ring (bicyclic) bond motifs is 2. The molecule has 0 saturated heterocycles. The Morgan fingerprint density at radius 2 is 2.09 bits per heavy atom. The molecular weight excluding hydrogens is 290 g/mol. The second-order valence-corrected chi connectivity index (χ2v) is 5.57. The van der Waals surface area contributed by atoms with Gasteiger partial charge in [0.15, 0.2) is 5.78 Å². The first-order chi connectivity index (χ1) is 11.2. The molecule has 0 unspecified atom stereocenters. The van der Waals surface area contributed by atoms with E-state index in [4.69, 9.17) is 5.11 Å². The number of aryl methyl sites for hydroxylation is 1. The van der Waals surface area contributed by atoms with E-state index in [1.54, 1.807) is 18.2 Å². The maximum absolute atomic E-state index is 11.6. The van der Waals surface area contributed by atoms with Crippen molar-refractivity contribution in [1.29, 1.82) is 0 Å². The number of carbonyl (C=O) groups is 1. The van der Waals surface area contributed by atoms with Gasteiger partial charge in [-0.2, -0.15) is 0 Å². The number of benzene rings is 2. The van der Waals surface area contributed by atoms with E-state index in [0.29, 0.717) is 5.56 Å². The fraction of sp³-hybridized carbons (Fsp3) is 0.111. The average Bonchev–Trinajstić information content (AvgIpc) is 3.15. The van der Waals surface area contributed by atoms with Crippen molar-refractivity contribution in [3.8, 4) is 11.4 Å². The Labute approximate surface area is 132 Å². The van der Waals surface area contributed by atoms with Crippen molar-refractivity contribution in [3.63, 3.8) is 0 Å². The predicted octanol–water partition coefficient (Wildman–Crippen LogP) is 2.90. The molecule has 4 aromatic rings. The smallest absolute Gasteiger partial charge is 0.188 e. The lowest BCUT2D eigenvalue weighted by molar-refractivity contribution is 0.0904. The van der Waals surface area contributed by atoms with Gasteiger partial charge in [0.25, 0.3) is 0 Å². The highest BCUT2D eigenvalue weighted by Crippen LogP contribution is 2.29. The number of hydrogen-bond acceptors (Lipinski definition) is 3. The van der Waals surface area contributed by atoms with Crippen LogP contribution in [0, 0.1) is 0 Å². The number of aromatic nitrogens is 3. The Kier molecular flexibility index (Phi) is 3.02. The summed E-state index contributed by atoms with van der Waals surface area (Å²) in [4.78, 5) is 19.5. The van der Waals surface area contributed by atoms with E-state index in [0.717, 1.165) is 33.3 Å². The number of aromatic amines is 1. The molecule has 5 nitrogen and oxygen atoms in total. The topological polar surface area (TPSA) is 70.9 Å². The zero-order valence-corrected chi connectivity index (χ0v) is 12.6. The number of aliphatic hydroxyl groups is 1. The molecule has 0 atom stereocenters. The molecule has 0 spiro atoms. The van der Waals surface area contributed by atoms with E-state index >= 15 is 0 Å². The minimum atomic E-state index is -0.490. The highest BCUT2D eigenvalue weighted by Gasteiger charge is 2.13. The molecule has 114 valence electrons. The highest BCUT2D eigenvalue weighted by atomic mass is 16.3. The number of imidazole rings is 1. The van der Waals surface area contributed by atoms with Crippen LogP contribution in [-0.4, -0.2) is 32.0 Å². The number of nitrogens with one attached hydrogen (secondary N) is 1. The number of H-pyrrole nitrogens is 1. The Morgan fingerprint density at radius 3 is 2.91 bits per heavy atom. The first-order valence-electron chi connectivity index (χ1n) is 7.35. The maximum Gasteiger partial charge on any atom is 0.188 e. The zero-order valence-electron chi connectivity index (χ0n) is 12.6. The summed E-state index contributed by atoms with van der Waals surface area (Å²) in [5, 5.41) is 10.1. The normalized spacial score (nSPS) is 11.4. The molecule has 0 amide bonds. The Balaban J connectivity index is 1.90. The van der Waals surface area contributed by atoms with Gasteiger partial charge >= 0.3 is 0 Å². The lowest BCUT2D eigenvalue weighted by atomic mass is 10.1. The van der Waals surface area contributed by atoms with E-state index in [9.17, 15) is 4.79 Å². The molecule has 2 heterocycles. The molecule has 0 aliphatic rings. The van der Waals surface area contributed by atoms with Gasteiger partial charge in [0.2, 0.25) is 0 Å². The van der Waals surface area contributed by atoms with Crippen LogP contribution in [0.2, 0.25) is 0 Å². The molecule has 2 aromatic carbocycles. The van der Waals surface area contributed by atoms with Gasteiger partial charge in [-0.05, 0) is 24.3 Å². The second-order valence-electron chi connectivity index (χ2n) is 5.57. The Hall–Kier alpha value is -2.92. The van der Waals surface area contributed by atoms with Crippen molar-refractivity contribution < 1.29 is 9.90 Å². The van der Waals surface area contributed by atoms with E-state index in [1.165, 1.54) is 0 Å². The molecule has 0 aliphatic heterocycles. The van der Waals surface area contributed by atoms with E-state index in [1.807, 2.05) is 25.4 Å². The average molecular weight is 305 g/mol. The number of hydrogen-bond donors (Lipinski definition) is 2. The quantitative estimate of drug-likeness (QED) is 0.572. The summed E-state index contributed by atoms with van der Waals surface area (Å²) in [6, 6.07) is 13.4. The highest BCUT2D eigenvalue weighted by molar-refractivity contribution is 6.00. The number of carbonyl (C=O) groups excluding carboxylic acids is 1. The first-order valence-corrected chi connectivity index (χ1v) is 7.35. The largest absolute Gasteiger partial charge is 0.388 e. The Morgan fingerprint density at radius 1 is 1.26 bits per heavy atom. The van der Waals surface area contributed by atoms with Crippen molar-refractivity contribution in [1.82, 2.24) is 14.5 Å². The van der Waals surface area contributed by atoms with Gasteiger partial charge in [0.1, 0.15) is 12.4 Å². The van der Waals surface area contributed by atoms with Crippen LogP contribution >= 0.6 is 0 Å². The van der Waals surface area contributed by atoms with E-state index in [2.05, 4.69) is 26.7 Å². The molecule has 2 aromatic heterocycles. The van der Waals surface area contributed by atoms with E-state index in [-0.39, 0.29) is 5.78 Å².